The fourth-order valence-electron chi connectivity index (χ4n) is 2.41. The Morgan fingerprint density at radius 3 is 3.00 bits per heavy atom. The van der Waals surface area contributed by atoms with Crippen molar-refractivity contribution in [2.75, 3.05) is 26.2 Å². The van der Waals surface area contributed by atoms with Gasteiger partial charge in [0.15, 0.2) is 0 Å². The van der Waals surface area contributed by atoms with Crippen molar-refractivity contribution in [2.45, 2.75) is 26.3 Å². The van der Waals surface area contributed by atoms with Crippen LogP contribution in [0.2, 0.25) is 0 Å². The maximum Gasteiger partial charge on any atom is 0.0492 e. The molecule has 1 aromatic heterocycles. The van der Waals surface area contributed by atoms with E-state index in [1.165, 1.54) is 18.8 Å². The smallest absolute Gasteiger partial charge is 0.0492 e. The molecule has 0 aliphatic carbocycles. The lowest BCUT2D eigenvalue weighted by molar-refractivity contribution is 0.176. The van der Waals surface area contributed by atoms with E-state index in [1.807, 2.05) is 17.9 Å². The summed E-state index contributed by atoms with van der Waals surface area (Å²) < 4.78 is 1.97. The molecular weight excluding hydrogens is 212 g/mol. The minimum Gasteiger partial charge on any atom is -0.311 e. The number of aromatic nitrogens is 2. The number of piperazine rings is 1. The van der Waals surface area contributed by atoms with Crippen LogP contribution < -0.4 is 5.32 Å². The molecule has 0 amide bonds. The third-order valence-corrected chi connectivity index (χ3v) is 3.70. The molecule has 1 aromatic rings. The second kappa shape index (κ2) is 5.65. The monoisotopic (exact) mass is 236 g/mol. The topological polar surface area (TPSA) is 33.1 Å². The van der Waals surface area contributed by atoms with E-state index in [0.29, 0.717) is 6.04 Å². The standard InChI is InChI=1S/C13H24N4/c1-11(2)13-10-17(9-7-14-13)8-5-12-4-6-15-16(12)3/h4,6,11,13-14H,5,7-10H2,1-3H3. The maximum absolute atomic E-state index is 4.21. The molecule has 1 atom stereocenters. The first-order chi connectivity index (χ1) is 8.16. The summed E-state index contributed by atoms with van der Waals surface area (Å²) in [4.78, 5) is 2.56. The molecule has 1 fully saturated rings. The van der Waals surface area contributed by atoms with Crippen LogP contribution in [0.1, 0.15) is 19.5 Å². The summed E-state index contributed by atoms with van der Waals surface area (Å²) in [5, 5.41) is 7.80. The zero-order valence-corrected chi connectivity index (χ0v) is 11.2. The number of hydrogen-bond donors (Lipinski definition) is 1. The Hall–Kier alpha value is -0.870. The van der Waals surface area contributed by atoms with Crippen molar-refractivity contribution >= 4 is 0 Å². The Kier molecular flexibility index (Phi) is 4.18. The lowest BCUT2D eigenvalue weighted by atomic mass is 10.0. The van der Waals surface area contributed by atoms with Gasteiger partial charge in [0.05, 0.1) is 0 Å². The number of hydrogen-bond acceptors (Lipinski definition) is 3. The molecule has 2 heterocycles. The Morgan fingerprint density at radius 2 is 2.35 bits per heavy atom. The lowest BCUT2D eigenvalue weighted by Crippen LogP contribution is -2.53. The van der Waals surface area contributed by atoms with E-state index in [-0.39, 0.29) is 0 Å². The number of aryl methyl sites for hydroxylation is 1. The highest BCUT2D eigenvalue weighted by atomic mass is 15.3. The molecular formula is C13H24N4. The predicted molar refractivity (Wildman–Crippen MR) is 70.0 cm³/mol. The van der Waals surface area contributed by atoms with Gasteiger partial charge < -0.3 is 10.2 Å². The summed E-state index contributed by atoms with van der Waals surface area (Å²) in [6.45, 7) is 9.19. The molecule has 0 saturated carbocycles. The van der Waals surface area contributed by atoms with Crippen molar-refractivity contribution in [1.29, 1.82) is 0 Å². The summed E-state index contributed by atoms with van der Waals surface area (Å²) in [7, 11) is 2.02. The van der Waals surface area contributed by atoms with Gasteiger partial charge in [-0.2, -0.15) is 5.10 Å². The first kappa shape index (κ1) is 12.6. The third kappa shape index (κ3) is 3.30. The average molecular weight is 236 g/mol. The van der Waals surface area contributed by atoms with E-state index in [0.717, 1.165) is 25.4 Å². The van der Waals surface area contributed by atoms with Crippen molar-refractivity contribution in [2.24, 2.45) is 13.0 Å². The van der Waals surface area contributed by atoms with Gasteiger partial charge in [0.1, 0.15) is 0 Å². The molecule has 0 radical (unpaired) electrons. The maximum atomic E-state index is 4.21. The van der Waals surface area contributed by atoms with Gasteiger partial charge in [-0.05, 0) is 12.0 Å². The Morgan fingerprint density at radius 1 is 1.53 bits per heavy atom. The average Bonchev–Trinajstić information content (AvgIpc) is 2.72. The van der Waals surface area contributed by atoms with Gasteiger partial charge in [0.25, 0.3) is 0 Å². The van der Waals surface area contributed by atoms with Crippen molar-refractivity contribution in [3.05, 3.63) is 18.0 Å². The quantitative estimate of drug-likeness (QED) is 0.843. The molecule has 0 aromatic carbocycles. The lowest BCUT2D eigenvalue weighted by Gasteiger charge is -2.35. The van der Waals surface area contributed by atoms with Crippen molar-refractivity contribution < 1.29 is 0 Å². The van der Waals surface area contributed by atoms with Crippen molar-refractivity contribution in [3.63, 3.8) is 0 Å². The highest BCUT2D eigenvalue weighted by molar-refractivity contribution is 5.00. The fourth-order valence-corrected chi connectivity index (χ4v) is 2.41. The first-order valence-corrected chi connectivity index (χ1v) is 6.59. The zero-order chi connectivity index (χ0) is 12.3. The van der Waals surface area contributed by atoms with Gasteiger partial charge in [-0.1, -0.05) is 13.8 Å². The second-order valence-corrected chi connectivity index (χ2v) is 5.30. The van der Waals surface area contributed by atoms with Crippen molar-refractivity contribution in [3.8, 4) is 0 Å². The number of rotatable bonds is 4. The highest BCUT2D eigenvalue weighted by Crippen LogP contribution is 2.09. The van der Waals surface area contributed by atoms with Crippen LogP contribution in [0.3, 0.4) is 0 Å². The SMILES string of the molecule is CC(C)C1CN(CCc2ccnn2C)CCN1. The van der Waals surface area contributed by atoms with Crippen LogP contribution in [-0.4, -0.2) is 46.9 Å². The van der Waals surface area contributed by atoms with Gasteiger partial charge in [-0.3, -0.25) is 4.68 Å². The van der Waals surface area contributed by atoms with E-state index >= 15 is 0 Å². The van der Waals surface area contributed by atoms with E-state index in [1.54, 1.807) is 0 Å². The van der Waals surface area contributed by atoms with Crippen LogP contribution in [0, 0.1) is 5.92 Å². The molecule has 1 aliphatic heterocycles. The Bertz CT molecular complexity index is 345. The van der Waals surface area contributed by atoms with E-state index in [9.17, 15) is 0 Å². The Balaban J connectivity index is 1.81. The third-order valence-electron chi connectivity index (χ3n) is 3.70. The van der Waals surface area contributed by atoms with E-state index in [2.05, 4.69) is 35.2 Å². The minimum atomic E-state index is 0.648. The summed E-state index contributed by atoms with van der Waals surface area (Å²) in [6, 6.07) is 2.76. The number of nitrogens with one attached hydrogen (secondary N) is 1. The van der Waals surface area contributed by atoms with Crippen LogP contribution in [-0.2, 0) is 13.5 Å². The second-order valence-electron chi connectivity index (χ2n) is 5.30. The van der Waals surface area contributed by atoms with Crippen LogP contribution in [0.25, 0.3) is 0 Å². The largest absolute Gasteiger partial charge is 0.311 e. The van der Waals surface area contributed by atoms with Gasteiger partial charge in [-0.15, -0.1) is 0 Å². The minimum absolute atomic E-state index is 0.648. The van der Waals surface area contributed by atoms with Crippen LogP contribution in [0.5, 0.6) is 0 Å². The summed E-state index contributed by atoms with van der Waals surface area (Å²) >= 11 is 0. The molecule has 2 rings (SSSR count). The summed E-state index contributed by atoms with van der Waals surface area (Å²) in [6.07, 6.45) is 2.98. The number of nitrogens with zero attached hydrogens (tertiary/aromatic N) is 3. The van der Waals surface area contributed by atoms with Crippen molar-refractivity contribution in [1.82, 2.24) is 20.0 Å². The van der Waals surface area contributed by atoms with Gasteiger partial charge in [-0.25, -0.2) is 0 Å². The first-order valence-electron chi connectivity index (χ1n) is 6.59. The normalized spacial score (nSPS) is 22.2. The van der Waals surface area contributed by atoms with Crippen LogP contribution in [0.4, 0.5) is 0 Å². The molecule has 1 N–H and O–H groups in total. The molecule has 0 bridgehead atoms. The fraction of sp³-hybridized carbons (Fsp3) is 0.769. The van der Waals surface area contributed by atoms with Crippen LogP contribution >= 0.6 is 0 Å². The van der Waals surface area contributed by atoms with Gasteiger partial charge >= 0.3 is 0 Å². The molecule has 1 unspecified atom stereocenters. The Labute approximate surface area is 104 Å². The van der Waals surface area contributed by atoms with Gasteiger partial charge in [0.2, 0.25) is 0 Å². The molecule has 0 spiro atoms. The molecule has 4 nitrogen and oxygen atoms in total. The van der Waals surface area contributed by atoms with E-state index in [4.69, 9.17) is 0 Å². The molecule has 1 saturated heterocycles. The zero-order valence-electron chi connectivity index (χ0n) is 11.2. The molecule has 4 heteroatoms. The molecule has 1 aliphatic rings. The summed E-state index contributed by atoms with van der Waals surface area (Å²) in [5.74, 6) is 0.717. The highest BCUT2D eigenvalue weighted by Gasteiger charge is 2.21. The van der Waals surface area contributed by atoms with E-state index < -0.39 is 0 Å². The van der Waals surface area contributed by atoms with Crippen LogP contribution in [0.15, 0.2) is 12.3 Å². The summed E-state index contributed by atoms with van der Waals surface area (Å²) in [5.41, 5.74) is 1.32. The molecule has 17 heavy (non-hydrogen) atoms. The van der Waals surface area contributed by atoms with Gasteiger partial charge in [0, 0.05) is 57.6 Å². The molecule has 96 valence electrons. The predicted octanol–water partition coefficient (Wildman–Crippen LogP) is 0.892.